The van der Waals surface area contributed by atoms with Gasteiger partial charge >= 0.3 is 12.1 Å². The molecule has 1 aromatic carbocycles. The minimum Gasteiger partial charge on any atom is -0.444 e. The molecule has 3 rings (SSSR count). The van der Waals surface area contributed by atoms with Gasteiger partial charge in [-0.2, -0.15) is 0 Å². The number of ether oxygens (including phenoxy) is 2. The molecule has 7 heteroatoms. The number of alkyl carbamates (subject to hydrolysis) is 1. The van der Waals surface area contributed by atoms with E-state index in [4.69, 9.17) is 9.47 Å². The molecule has 0 heterocycles. The first-order chi connectivity index (χ1) is 17.0. The molecule has 2 saturated carbocycles. The summed E-state index contributed by atoms with van der Waals surface area (Å²) in [6, 6.07) is 7.45. The van der Waals surface area contributed by atoms with E-state index >= 15 is 0 Å². The Morgan fingerprint density at radius 2 is 1.78 bits per heavy atom. The molecule has 2 unspecified atom stereocenters. The Kier molecular flexibility index (Phi) is 9.81. The van der Waals surface area contributed by atoms with E-state index in [1.807, 2.05) is 53.1 Å². The summed E-state index contributed by atoms with van der Waals surface area (Å²) in [5.41, 5.74) is -0.616. The van der Waals surface area contributed by atoms with Crippen LogP contribution in [0, 0.1) is 17.8 Å². The lowest BCUT2D eigenvalue weighted by molar-refractivity contribution is -0.136. The zero-order chi connectivity index (χ0) is 26.3. The van der Waals surface area contributed by atoms with Gasteiger partial charge < -0.3 is 24.8 Å². The predicted octanol–water partition coefficient (Wildman–Crippen LogP) is 5.25. The molecule has 1 aromatic rings. The molecule has 2 aliphatic rings. The number of carbonyl (C=O) groups excluding carboxylic acids is 2. The molecule has 36 heavy (non-hydrogen) atoms. The number of nitrogens with one attached hydrogen (secondary N) is 1. The Labute approximate surface area is 216 Å². The van der Waals surface area contributed by atoms with Gasteiger partial charge in [-0.15, -0.1) is 0 Å². The molecule has 4 atom stereocenters. The van der Waals surface area contributed by atoms with E-state index in [0.29, 0.717) is 18.7 Å². The van der Waals surface area contributed by atoms with Crippen LogP contribution in [0.3, 0.4) is 0 Å². The Bertz CT molecular complexity index is 881. The summed E-state index contributed by atoms with van der Waals surface area (Å²) in [4.78, 5) is 27.1. The van der Waals surface area contributed by atoms with E-state index in [0.717, 1.165) is 63.5 Å². The molecule has 2 aliphatic carbocycles. The molecule has 7 nitrogen and oxygen atoms in total. The lowest BCUT2D eigenvalue weighted by Gasteiger charge is -2.41. The fourth-order valence-electron chi connectivity index (χ4n) is 5.86. The minimum absolute atomic E-state index is 0.146. The fourth-order valence-corrected chi connectivity index (χ4v) is 5.86. The number of amides is 1. The van der Waals surface area contributed by atoms with Crippen LogP contribution >= 0.6 is 0 Å². The third-order valence-electron chi connectivity index (χ3n) is 7.59. The third kappa shape index (κ3) is 8.20. The second-order valence-electron chi connectivity index (χ2n) is 12.0. The molecular weight excluding hydrogens is 456 g/mol. The monoisotopic (exact) mass is 502 g/mol. The second-order valence-corrected chi connectivity index (χ2v) is 12.0. The van der Waals surface area contributed by atoms with Gasteiger partial charge in [-0.1, -0.05) is 37.8 Å². The summed E-state index contributed by atoms with van der Waals surface area (Å²) < 4.78 is 11.1. The van der Waals surface area contributed by atoms with E-state index < -0.39 is 17.3 Å². The number of aliphatic hydroxyl groups is 1. The first-order valence-corrected chi connectivity index (χ1v) is 13.6. The van der Waals surface area contributed by atoms with Crippen molar-refractivity contribution < 1.29 is 24.2 Å². The molecule has 202 valence electrons. The van der Waals surface area contributed by atoms with Crippen molar-refractivity contribution in [2.45, 2.75) is 89.8 Å². The van der Waals surface area contributed by atoms with Gasteiger partial charge in [0.1, 0.15) is 11.4 Å². The van der Waals surface area contributed by atoms with Gasteiger partial charge in [0.2, 0.25) is 0 Å². The smallest absolute Gasteiger partial charge is 0.407 e. The van der Waals surface area contributed by atoms with E-state index in [1.165, 1.54) is 0 Å². The minimum atomic E-state index is -0.910. The SMILES string of the molecule is CN(C)C[C@H]1CCCC[C@@]1(O)c1cccc(OC(=O)CC2CCCCC2CNC(=O)OC(C)(C)C)c1. The highest BCUT2D eigenvalue weighted by Gasteiger charge is 2.40. The zero-order valence-corrected chi connectivity index (χ0v) is 22.8. The largest absolute Gasteiger partial charge is 0.444 e. The van der Waals surface area contributed by atoms with Crippen LogP contribution in [0.2, 0.25) is 0 Å². The summed E-state index contributed by atoms with van der Waals surface area (Å²) in [5.74, 6) is 0.755. The number of hydrogen-bond acceptors (Lipinski definition) is 6. The van der Waals surface area contributed by atoms with Gasteiger partial charge in [-0.05, 0) is 90.1 Å². The summed E-state index contributed by atoms with van der Waals surface area (Å²) in [6.45, 7) is 6.85. The second kappa shape index (κ2) is 12.4. The van der Waals surface area contributed by atoms with Crippen LogP contribution in [0.4, 0.5) is 4.79 Å². The molecule has 0 aromatic heterocycles. The average molecular weight is 503 g/mol. The lowest BCUT2D eigenvalue weighted by atomic mass is 9.71. The summed E-state index contributed by atoms with van der Waals surface area (Å²) in [6.07, 6.45) is 7.82. The topological polar surface area (TPSA) is 88.1 Å². The van der Waals surface area contributed by atoms with Gasteiger partial charge in [0.15, 0.2) is 0 Å². The number of nitrogens with zero attached hydrogens (tertiary/aromatic N) is 1. The van der Waals surface area contributed by atoms with Crippen molar-refractivity contribution in [3.05, 3.63) is 29.8 Å². The molecule has 0 bridgehead atoms. The van der Waals surface area contributed by atoms with Gasteiger partial charge in [0.25, 0.3) is 0 Å². The summed E-state index contributed by atoms with van der Waals surface area (Å²) >= 11 is 0. The predicted molar refractivity (Wildman–Crippen MR) is 141 cm³/mol. The first-order valence-electron chi connectivity index (χ1n) is 13.6. The highest BCUT2D eigenvalue weighted by molar-refractivity contribution is 5.73. The number of carbonyl (C=O) groups is 2. The molecule has 0 aliphatic heterocycles. The maximum atomic E-state index is 12.9. The van der Waals surface area contributed by atoms with Crippen LogP contribution in [0.5, 0.6) is 5.75 Å². The summed E-state index contributed by atoms with van der Waals surface area (Å²) in [7, 11) is 4.07. The molecule has 2 N–H and O–H groups in total. The number of hydrogen-bond donors (Lipinski definition) is 2. The zero-order valence-electron chi connectivity index (χ0n) is 22.8. The van der Waals surface area contributed by atoms with Crippen molar-refractivity contribution >= 4 is 12.1 Å². The van der Waals surface area contributed by atoms with Crippen molar-refractivity contribution in [2.75, 3.05) is 27.2 Å². The number of benzene rings is 1. The van der Waals surface area contributed by atoms with Crippen LogP contribution in [0.25, 0.3) is 0 Å². The lowest BCUT2D eigenvalue weighted by Crippen LogP contribution is -2.43. The van der Waals surface area contributed by atoms with Crippen LogP contribution in [0.1, 0.15) is 84.1 Å². The molecular formula is C29H46N2O5. The van der Waals surface area contributed by atoms with Crippen LogP contribution in [0.15, 0.2) is 24.3 Å². The van der Waals surface area contributed by atoms with Gasteiger partial charge in [-0.3, -0.25) is 4.79 Å². The van der Waals surface area contributed by atoms with Crippen molar-refractivity contribution in [1.29, 1.82) is 0 Å². The van der Waals surface area contributed by atoms with Crippen LogP contribution in [-0.2, 0) is 15.1 Å². The van der Waals surface area contributed by atoms with E-state index in [2.05, 4.69) is 10.2 Å². The van der Waals surface area contributed by atoms with Gasteiger partial charge in [0, 0.05) is 25.4 Å². The Morgan fingerprint density at radius 1 is 1.08 bits per heavy atom. The van der Waals surface area contributed by atoms with Crippen LogP contribution < -0.4 is 10.1 Å². The standard InChI is InChI=1S/C29H46N2O5/c1-28(2,3)36-27(33)30-19-22-12-7-6-11-21(22)17-26(32)35-25-15-10-14-23(18-25)29(34)16-9-8-13-24(29)20-31(4)5/h10,14-15,18,21-22,24,34H,6-9,11-13,16-17,19-20H2,1-5H3,(H,30,33)/t21?,22?,24-,29-/m1/s1. The fraction of sp³-hybridized carbons (Fsp3) is 0.724. The summed E-state index contributed by atoms with van der Waals surface area (Å²) in [5, 5.41) is 14.6. The Hall–Kier alpha value is -2.12. The maximum Gasteiger partial charge on any atom is 0.407 e. The average Bonchev–Trinajstić information content (AvgIpc) is 2.79. The number of esters is 1. The van der Waals surface area contributed by atoms with Gasteiger partial charge in [0.05, 0.1) is 5.60 Å². The highest BCUT2D eigenvalue weighted by atomic mass is 16.6. The number of rotatable bonds is 8. The quantitative estimate of drug-likeness (QED) is 0.373. The molecule has 0 saturated heterocycles. The maximum absolute atomic E-state index is 12.9. The van der Waals surface area contributed by atoms with Crippen molar-refractivity contribution in [3.8, 4) is 5.75 Å². The highest BCUT2D eigenvalue weighted by Crippen LogP contribution is 2.43. The molecule has 1 amide bonds. The third-order valence-corrected chi connectivity index (χ3v) is 7.59. The Morgan fingerprint density at radius 3 is 2.47 bits per heavy atom. The van der Waals surface area contributed by atoms with Crippen molar-refractivity contribution in [1.82, 2.24) is 10.2 Å². The van der Waals surface area contributed by atoms with Crippen LogP contribution in [-0.4, -0.2) is 54.9 Å². The molecule has 2 fully saturated rings. The van der Waals surface area contributed by atoms with Crippen molar-refractivity contribution in [3.63, 3.8) is 0 Å². The van der Waals surface area contributed by atoms with E-state index in [1.54, 1.807) is 6.07 Å². The van der Waals surface area contributed by atoms with Crippen molar-refractivity contribution in [2.24, 2.45) is 17.8 Å². The molecule has 0 radical (unpaired) electrons. The Balaban J connectivity index is 1.61. The van der Waals surface area contributed by atoms with E-state index in [9.17, 15) is 14.7 Å². The first kappa shape index (κ1) is 28.5. The van der Waals surface area contributed by atoms with E-state index in [-0.39, 0.29) is 23.7 Å². The normalized spacial score (nSPS) is 26.9. The van der Waals surface area contributed by atoms with Gasteiger partial charge in [-0.25, -0.2) is 4.79 Å². The molecule has 0 spiro atoms.